The van der Waals surface area contributed by atoms with Crippen LogP contribution in [-0.2, 0) is 10.2 Å². The van der Waals surface area contributed by atoms with Crippen molar-refractivity contribution in [3.8, 4) is 0 Å². The second-order valence-corrected chi connectivity index (χ2v) is 6.72. The first-order chi connectivity index (χ1) is 6.89. The number of rotatable bonds is 2. The summed E-state index contributed by atoms with van der Waals surface area (Å²) in [5.41, 5.74) is -0.282. The van der Waals surface area contributed by atoms with E-state index in [1.807, 2.05) is 13.8 Å². The highest BCUT2D eigenvalue weighted by atomic mass is 32.2. The van der Waals surface area contributed by atoms with E-state index >= 15 is 0 Å². The molecule has 0 radical (unpaired) electrons. The Hall–Kier alpha value is -0.170. The van der Waals surface area contributed by atoms with E-state index in [9.17, 15) is 8.42 Å². The summed E-state index contributed by atoms with van der Waals surface area (Å²) in [5, 5.41) is 3.33. The fourth-order valence-electron chi connectivity index (χ4n) is 2.90. The second-order valence-electron chi connectivity index (χ2n) is 4.92. The van der Waals surface area contributed by atoms with Crippen molar-refractivity contribution >= 4 is 10.2 Å². The van der Waals surface area contributed by atoms with E-state index < -0.39 is 10.2 Å². The highest BCUT2D eigenvalue weighted by Gasteiger charge is 2.53. The summed E-state index contributed by atoms with van der Waals surface area (Å²) in [6.45, 7) is 6.52. The number of fused-ring (bicyclic) bond motifs is 1. The lowest BCUT2D eigenvalue weighted by atomic mass is 9.85. The third-order valence-electron chi connectivity index (χ3n) is 3.84. The molecule has 88 valence electrons. The molecule has 0 spiro atoms. The van der Waals surface area contributed by atoms with Crippen molar-refractivity contribution in [3.63, 3.8) is 0 Å². The van der Waals surface area contributed by atoms with Crippen LogP contribution >= 0.6 is 0 Å². The zero-order chi connectivity index (χ0) is 11.3. The molecule has 0 aromatic carbocycles. The van der Waals surface area contributed by atoms with Crippen molar-refractivity contribution in [1.82, 2.24) is 14.3 Å². The standard InChI is InChI=1S/C9H19N3O2S/c1-9(2)8-5-11-4-7(8)6-12(9)15(13,14)10-3/h7-8,10-11H,4-6H2,1-3H3. The predicted molar refractivity (Wildman–Crippen MR) is 58.6 cm³/mol. The van der Waals surface area contributed by atoms with E-state index in [0.717, 1.165) is 13.1 Å². The third kappa shape index (κ3) is 1.60. The summed E-state index contributed by atoms with van der Waals surface area (Å²) in [4.78, 5) is 0. The van der Waals surface area contributed by atoms with Gasteiger partial charge in [0, 0.05) is 25.7 Å². The molecule has 2 heterocycles. The molecule has 2 aliphatic heterocycles. The zero-order valence-electron chi connectivity index (χ0n) is 9.45. The summed E-state index contributed by atoms with van der Waals surface area (Å²) in [5.74, 6) is 0.892. The van der Waals surface area contributed by atoms with Gasteiger partial charge >= 0.3 is 0 Å². The molecule has 6 heteroatoms. The van der Waals surface area contributed by atoms with Gasteiger partial charge in [0.05, 0.1) is 0 Å². The Bertz CT molecular complexity index is 352. The first-order valence-corrected chi connectivity index (χ1v) is 6.75. The van der Waals surface area contributed by atoms with Crippen LogP contribution in [-0.4, -0.2) is 44.9 Å². The van der Waals surface area contributed by atoms with Crippen LogP contribution in [0, 0.1) is 11.8 Å². The van der Waals surface area contributed by atoms with E-state index in [0.29, 0.717) is 18.4 Å². The third-order valence-corrected chi connectivity index (χ3v) is 5.55. The number of hydrogen-bond donors (Lipinski definition) is 2. The molecule has 2 saturated heterocycles. The Morgan fingerprint density at radius 1 is 1.40 bits per heavy atom. The van der Waals surface area contributed by atoms with Crippen LogP contribution in [0.2, 0.25) is 0 Å². The SMILES string of the molecule is CNS(=O)(=O)N1CC2CNCC2C1(C)C. The van der Waals surface area contributed by atoms with Crippen LogP contribution in [0.15, 0.2) is 0 Å². The van der Waals surface area contributed by atoms with Crippen LogP contribution in [0.25, 0.3) is 0 Å². The molecular formula is C9H19N3O2S. The van der Waals surface area contributed by atoms with Gasteiger partial charge < -0.3 is 5.32 Å². The van der Waals surface area contributed by atoms with E-state index in [1.54, 1.807) is 4.31 Å². The molecule has 0 bridgehead atoms. The van der Waals surface area contributed by atoms with Gasteiger partial charge in [-0.25, -0.2) is 4.72 Å². The lowest BCUT2D eigenvalue weighted by Gasteiger charge is -2.34. The number of nitrogens with zero attached hydrogens (tertiary/aromatic N) is 1. The van der Waals surface area contributed by atoms with Gasteiger partial charge in [-0.3, -0.25) is 0 Å². The van der Waals surface area contributed by atoms with Gasteiger partial charge in [0.25, 0.3) is 10.2 Å². The van der Waals surface area contributed by atoms with Gasteiger partial charge in [0.1, 0.15) is 0 Å². The second kappa shape index (κ2) is 3.41. The van der Waals surface area contributed by atoms with E-state index in [2.05, 4.69) is 10.0 Å². The first kappa shape index (κ1) is 11.3. The van der Waals surface area contributed by atoms with Crippen molar-refractivity contribution in [3.05, 3.63) is 0 Å². The molecular weight excluding hydrogens is 214 g/mol. The Morgan fingerprint density at radius 3 is 2.60 bits per heavy atom. The van der Waals surface area contributed by atoms with E-state index in [1.165, 1.54) is 7.05 Å². The molecule has 15 heavy (non-hydrogen) atoms. The topological polar surface area (TPSA) is 61.4 Å². The van der Waals surface area contributed by atoms with Crippen LogP contribution in [0.1, 0.15) is 13.8 Å². The first-order valence-electron chi connectivity index (χ1n) is 5.31. The summed E-state index contributed by atoms with van der Waals surface area (Å²) in [6, 6.07) is 0. The van der Waals surface area contributed by atoms with E-state index in [4.69, 9.17) is 0 Å². The molecule has 0 amide bonds. The fourth-order valence-corrected chi connectivity index (χ4v) is 4.27. The Morgan fingerprint density at radius 2 is 2.07 bits per heavy atom. The molecule has 5 nitrogen and oxygen atoms in total. The van der Waals surface area contributed by atoms with Gasteiger partial charge in [-0.2, -0.15) is 12.7 Å². The molecule has 0 saturated carbocycles. The summed E-state index contributed by atoms with van der Waals surface area (Å²) >= 11 is 0. The Kier molecular flexibility index (Phi) is 2.57. The fraction of sp³-hybridized carbons (Fsp3) is 1.00. The maximum Gasteiger partial charge on any atom is 0.279 e. The maximum absolute atomic E-state index is 11.8. The Labute approximate surface area is 91.4 Å². The minimum atomic E-state index is -3.29. The number of hydrogen-bond acceptors (Lipinski definition) is 3. The van der Waals surface area contributed by atoms with Crippen LogP contribution in [0.4, 0.5) is 0 Å². The summed E-state index contributed by atoms with van der Waals surface area (Å²) in [7, 11) is -1.82. The van der Waals surface area contributed by atoms with Gasteiger partial charge in [0.2, 0.25) is 0 Å². The van der Waals surface area contributed by atoms with Crippen molar-refractivity contribution < 1.29 is 8.42 Å². The average molecular weight is 233 g/mol. The van der Waals surface area contributed by atoms with Gasteiger partial charge in [-0.15, -0.1) is 0 Å². The van der Waals surface area contributed by atoms with Crippen LogP contribution in [0.5, 0.6) is 0 Å². The monoisotopic (exact) mass is 233 g/mol. The molecule has 2 atom stereocenters. The number of nitrogens with one attached hydrogen (secondary N) is 2. The highest BCUT2D eigenvalue weighted by Crippen LogP contribution is 2.41. The lowest BCUT2D eigenvalue weighted by molar-refractivity contribution is 0.231. The van der Waals surface area contributed by atoms with Gasteiger partial charge in [-0.05, 0) is 32.2 Å². The smallest absolute Gasteiger partial charge is 0.279 e. The molecule has 2 fully saturated rings. The van der Waals surface area contributed by atoms with Gasteiger partial charge in [-0.1, -0.05) is 0 Å². The van der Waals surface area contributed by atoms with Crippen molar-refractivity contribution in [2.24, 2.45) is 11.8 Å². The van der Waals surface area contributed by atoms with E-state index in [-0.39, 0.29) is 5.54 Å². The minimum absolute atomic E-state index is 0.282. The van der Waals surface area contributed by atoms with Crippen molar-refractivity contribution in [2.45, 2.75) is 19.4 Å². The molecule has 0 aromatic heterocycles. The molecule has 2 unspecified atom stereocenters. The van der Waals surface area contributed by atoms with Crippen molar-refractivity contribution in [2.75, 3.05) is 26.7 Å². The highest BCUT2D eigenvalue weighted by molar-refractivity contribution is 7.87. The average Bonchev–Trinajstić information content (AvgIpc) is 2.69. The molecule has 2 aliphatic rings. The van der Waals surface area contributed by atoms with Crippen LogP contribution < -0.4 is 10.0 Å². The maximum atomic E-state index is 11.8. The van der Waals surface area contributed by atoms with Gasteiger partial charge in [0.15, 0.2) is 0 Å². The minimum Gasteiger partial charge on any atom is -0.316 e. The molecule has 0 aliphatic carbocycles. The summed E-state index contributed by atoms with van der Waals surface area (Å²) in [6.07, 6.45) is 0. The lowest BCUT2D eigenvalue weighted by Crippen LogP contribution is -2.50. The summed E-state index contributed by atoms with van der Waals surface area (Å²) < 4.78 is 27.7. The molecule has 2 N–H and O–H groups in total. The van der Waals surface area contributed by atoms with Crippen molar-refractivity contribution in [1.29, 1.82) is 0 Å². The largest absolute Gasteiger partial charge is 0.316 e. The zero-order valence-corrected chi connectivity index (χ0v) is 10.3. The normalized spacial score (nSPS) is 35.7. The quantitative estimate of drug-likeness (QED) is 0.668. The Balaban J connectivity index is 2.30. The van der Waals surface area contributed by atoms with Crippen LogP contribution in [0.3, 0.4) is 0 Å². The molecule has 2 rings (SSSR count). The molecule has 0 aromatic rings. The predicted octanol–water partition coefficient (Wildman–Crippen LogP) is -0.620.